The first-order valence-corrected chi connectivity index (χ1v) is 7.60. The first-order valence-electron chi connectivity index (χ1n) is 6.26. The fraction of sp³-hybridized carbons (Fsp3) is 0. The summed E-state index contributed by atoms with van der Waals surface area (Å²) in [5.41, 5.74) is 1.15. The zero-order valence-corrected chi connectivity index (χ0v) is 13.2. The molecular weight excluding hydrogens is 356 g/mol. The van der Waals surface area contributed by atoms with E-state index in [0.717, 1.165) is 5.44 Å². The minimum Gasteiger partial charge on any atom is -0.256 e. The van der Waals surface area contributed by atoms with Crippen molar-refractivity contribution >= 4 is 24.0 Å². The summed E-state index contributed by atoms with van der Waals surface area (Å²) < 4.78 is 0. The first-order chi connectivity index (χ1) is 9.45. The normalized spacial score (nSPS) is 10.1. The van der Waals surface area contributed by atoms with Crippen LogP contribution in [0.25, 0.3) is 0 Å². The van der Waals surface area contributed by atoms with Crippen molar-refractivity contribution in [1.29, 1.82) is 0 Å². The molecule has 0 aliphatic heterocycles. The number of hydrogen-bond donors (Lipinski definition) is 0. The number of hydrogen-bond acceptors (Lipinski definition) is 1. The standard InChI is InChI=1S/C17H14NP.Pd/c1-3-9-15(10-4-1)19(16-11-5-2-6-12-16)17-13-7-8-14-18-17;/h1-14H;. The number of benzene rings is 2. The quantitative estimate of drug-likeness (QED) is 0.511. The molecule has 3 heteroatoms. The molecule has 3 aromatic rings. The van der Waals surface area contributed by atoms with Crippen molar-refractivity contribution in [3.8, 4) is 0 Å². The Hall–Kier alpha value is -1.32. The maximum Gasteiger partial charge on any atom is 0.0720 e. The van der Waals surface area contributed by atoms with Gasteiger partial charge in [0.15, 0.2) is 0 Å². The molecule has 0 fully saturated rings. The van der Waals surface area contributed by atoms with Crippen molar-refractivity contribution in [2.24, 2.45) is 0 Å². The van der Waals surface area contributed by atoms with Crippen LogP contribution in [0.3, 0.4) is 0 Å². The molecule has 0 spiro atoms. The van der Waals surface area contributed by atoms with E-state index in [4.69, 9.17) is 0 Å². The number of pyridine rings is 1. The number of rotatable bonds is 3. The summed E-state index contributed by atoms with van der Waals surface area (Å²) in [6, 6.07) is 27.4. The summed E-state index contributed by atoms with van der Waals surface area (Å²) in [7, 11) is -0.557. The molecule has 1 nitrogen and oxygen atoms in total. The Morgan fingerprint density at radius 3 is 1.55 bits per heavy atom. The Kier molecular flexibility index (Phi) is 5.62. The van der Waals surface area contributed by atoms with Crippen LogP contribution in [0.15, 0.2) is 85.1 Å². The van der Waals surface area contributed by atoms with E-state index in [2.05, 4.69) is 77.8 Å². The Labute approximate surface area is 134 Å². The molecule has 20 heavy (non-hydrogen) atoms. The van der Waals surface area contributed by atoms with Crippen LogP contribution in [0.2, 0.25) is 0 Å². The first kappa shape index (κ1) is 15.1. The molecule has 2 aromatic carbocycles. The second-order valence-electron chi connectivity index (χ2n) is 4.19. The zero-order chi connectivity index (χ0) is 12.9. The van der Waals surface area contributed by atoms with Crippen molar-refractivity contribution in [1.82, 2.24) is 4.98 Å². The van der Waals surface area contributed by atoms with Crippen LogP contribution in [0.1, 0.15) is 0 Å². The largest absolute Gasteiger partial charge is 0.256 e. The van der Waals surface area contributed by atoms with E-state index in [1.54, 1.807) is 0 Å². The minimum atomic E-state index is -0.557. The topological polar surface area (TPSA) is 12.9 Å². The molecule has 0 aliphatic carbocycles. The van der Waals surface area contributed by atoms with Crippen molar-refractivity contribution in [2.45, 2.75) is 0 Å². The summed E-state index contributed by atoms with van der Waals surface area (Å²) in [4.78, 5) is 4.56. The van der Waals surface area contributed by atoms with Crippen molar-refractivity contribution < 1.29 is 20.4 Å². The average molecular weight is 370 g/mol. The molecule has 1 heterocycles. The number of nitrogens with zero attached hydrogens (tertiary/aromatic N) is 1. The smallest absolute Gasteiger partial charge is 0.0720 e. The third kappa shape index (κ3) is 3.41. The van der Waals surface area contributed by atoms with Gasteiger partial charge in [-0.05, 0) is 22.7 Å². The van der Waals surface area contributed by atoms with E-state index in [9.17, 15) is 0 Å². The van der Waals surface area contributed by atoms with Gasteiger partial charge in [-0.2, -0.15) is 0 Å². The zero-order valence-electron chi connectivity index (χ0n) is 10.8. The molecule has 0 saturated carbocycles. The van der Waals surface area contributed by atoms with Gasteiger partial charge in [0, 0.05) is 34.5 Å². The van der Waals surface area contributed by atoms with Gasteiger partial charge >= 0.3 is 0 Å². The summed E-state index contributed by atoms with van der Waals surface area (Å²) in [6.07, 6.45) is 1.87. The van der Waals surface area contributed by atoms with Gasteiger partial charge in [0.2, 0.25) is 0 Å². The SMILES string of the molecule is [Pd].c1ccc(P(c2ccccc2)c2ccccn2)cc1. The van der Waals surface area contributed by atoms with E-state index < -0.39 is 7.92 Å². The molecule has 0 atom stereocenters. The second-order valence-corrected chi connectivity index (χ2v) is 6.36. The van der Waals surface area contributed by atoms with Gasteiger partial charge in [-0.25, -0.2) is 0 Å². The second kappa shape index (κ2) is 7.46. The van der Waals surface area contributed by atoms with Gasteiger partial charge in [0.1, 0.15) is 0 Å². The van der Waals surface area contributed by atoms with E-state index in [0.29, 0.717) is 0 Å². The van der Waals surface area contributed by atoms with Crippen LogP contribution in [-0.2, 0) is 20.4 Å². The molecular formula is C17H14NPPd. The molecule has 3 rings (SSSR count). The predicted octanol–water partition coefficient (Wildman–Crippen LogP) is 2.84. The van der Waals surface area contributed by atoms with Gasteiger partial charge in [-0.1, -0.05) is 66.7 Å². The molecule has 0 amide bonds. The molecule has 0 unspecified atom stereocenters. The van der Waals surface area contributed by atoms with Crippen LogP contribution in [0.4, 0.5) is 0 Å². The predicted molar refractivity (Wildman–Crippen MR) is 82.9 cm³/mol. The van der Waals surface area contributed by atoms with Crippen LogP contribution in [0.5, 0.6) is 0 Å². The fourth-order valence-electron chi connectivity index (χ4n) is 2.05. The maximum atomic E-state index is 4.56. The Morgan fingerprint density at radius 2 is 1.10 bits per heavy atom. The van der Waals surface area contributed by atoms with Crippen molar-refractivity contribution in [3.05, 3.63) is 85.1 Å². The summed E-state index contributed by atoms with van der Waals surface area (Å²) in [6.45, 7) is 0. The molecule has 0 aliphatic rings. The minimum absolute atomic E-state index is 0. The van der Waals surface area contributed by atoms with Gasteiger partial charge < -0.3 is 0 Å². The van der Waals surface area contributed by atoms with Crippen LogP contribution in [-0.4, -0.2) is 4.98 Å². The van der Waals surface area contributed by atoms with E-state index in [1.807, 2.05) is 12.3 Å². The third-order valence-corrected chi connectivity index (χ3v) is 5.26. The Bertz CT molecular complexity index is 535. The molecule has 1 aromatic heterocycles. The van der Waals surface area contributed by atoms with Gasteiger partial charge in [-0.3, -0.25) is 4.98 Å². The molecule has 0 saturated heterocycles. The van der Waals surface area contributed by atoms with Crippen LogP contribution in [0, 0.1) is 0 Å². The van der Waals surface area contributed by atoms with Gasteiger partial charge in [0.25, 0.3) is 0 Å². The summed E-state index contributed by atoms with van der Waals surface area (Å²) >= 11 is 0. The fourth-order valence-corrected chi connectivity index (χ4v) is 4.24. The van der Waals surface area contributed by atoms with E-state index in [-0.39, 0.29) is 20.4 Å². The van der Waals surface area contributed by atoms with E-state index in [1.165, 1.54) is 10.6 Å². The van der Waals surface area contributed by atoms with Gasteiger partial charge in [0.05, 0.1) is 5.44 Å². The molecule has 102 valence electrons. The summed E-state index contributed by atoms with van der Waals surface area (Å²) in [5.74, 6) is 0. The third-order valence-electron chi connectivity index (χ3n) is 2.91. The Morgan fingerprint density at radius 1 is 0.600 bits per heavy atom. The van der Waals surface area contributed by atoms with Crippen LogP contribution >= 0.6 is 7.92 Å². The Balaban J connectivity index is 0.00000147. The molecule has 0 N–H and O–H groups in total. The van der Waals surface area contributed by atoms with Crippen molar-refractivity contribution in [3.63, 3.8) is 0 Å². The monoisotopic (exact) mass is 369 g/mol. The number of aromatic nitrogens is 1. The van der Waals surface area contributed by atoms with E-state index >= 15 is 0 Å². The van der Waals surface area contributed by atoms with Crippen LogP contribution < -0.4 is 16.0 Å². The molecule has 0 bridgehead atoms. The summed E-state index contributed by atoms with van der Waals surface area (Å²) in [5, 5.41) is 2.67. The van der Waals surface area contributed by atoms with Gasteiger partial charge in [-0.15, -0.1) is 0 Å². The average Bonchev–Trinajstić information content (AvgIpc) is 2.51. The van der Waals surface area contributed by atoms with Crippen molar-refractivity contribution in [2.75, 3.05) is 0 Å². The maximum absolute atomic E-state index is 4.56. The molecule has 0 radical (unpaired) electrons.